The van der Waals surface area contributed by atoms with Crippen molar-refractivity contribution in [3.63, 3.8) is 0 Å². The molecular formula is C57H35N5. The van der Waals surface area contributed by atoms with Crippen molar-refractivity contribution in [2.24, 2.45) is 0 Å². The molecule has 3 heterocycles. The van der Waals surface area contributed by atoms with E-state index in [0.717, 1.165) is 66.2 Å². The Labute approximate surface area is 356 Å². The summed E-state index contributed by atoms with van der Waals surface area (Å²) in [5, 5.41) is 11.9. The summed E-state index contributed by atoms with van der Waals surface area (Å²) in [6, 6.07) is 75.7. The van der Waals surface area contributed by atoms with Crippen LogP contribution in [0.1, 0.15) is 0 Å². The normalized spacial score (nSPS) is 11.9. The third-order valence-corrected chi connectivity index (χ3v) is 12.5. The minimum Gasteiger partial charge on any atom is -0.309 e. The number of fused-ring (bicyclic) bond motifs is 11. The molecule has 0 atom stereocenters. The van der Waals surface area contributed by atoms with Crippen molar-refractivity contribution in [1.82, 2.24) is 24.1 Å². The summed E-state index contributed by atoms with van der Waals surface area (Å²) in [5.74, 6) is 1.91. The monoisotopic (exact) mass is 789 g/mol. The van der Waals surface area contributed by atoms with Crippen LogP contribution in [0, 0.1) is 0 Å². The summed E-state index contributed by atoms with van der Waals surface area (Å²) in [7, 11) is 0. The van der Waals surface area contributed by atoms with Crippen LogP contribution in [0.3, 0.4) is 0 Å². The summed E-state index contributed by atoms with van der Waals surface area (Å²) < 4.78 is 4.90. The average molecular weight is 790 g/mol. The molecule has 0 bridgehead atoms. The highest BCUT2D eigenvalue weighted by Crippen LogP contribution is 2.44. The molecule has 0 aliphatic heterocycles. The van der Waals surface area contributed by atoms with Crippen molar-refractivity contribution >= 4 is 75.9 Å². The second-order valence-electron chi connectivity index (χ2n) is 16.0. The Hall–Kier alpha value is -8.41. The molecule has 0 saturated carbocycles. The molecule has 13 rings (SSSR count). The first-order valence-corrected chi connectivity index (χ1v) is 21.0. The largest absolute Gasteiger partial charge is 0.309 e. The van der Waals surface area contributed by atoms with Gasteiger partial charge in [0.1, 0.15) is 0 Å². The molecule has 5 nitrogen and oxygen atoms in total. The highest BCUT2D eigenvalue weighted by atomic mass is 15.0. The summed E-state index contributed by atoms with van der Waals surface area (Å²) in [4.78, 5) is 15.5. The van der Waals surface area contributed by atoms with Crippen LogP contribution >= 0.6 is 0 Å². The average Bonchev–Trinajstić information content (AvgIpc) is 3.85. The maximum absolute atomic E-state index is 5.23. The van der Waals surface area contributed by atoms with Crippen LogP contribution in [0.5, 0.6) is 0 Å². The molecule has 0 saturated heterocycles. The maximum atomic E-state index is 5.23. The number of hydrogen-bond acceptors (Lipinski definition) is 3. The fourth-order valence-corrected chi connectivity index (χ4v) is 9.78. The van der Waals surface area contributed by atoms with Crippen LogP contribution in [0.4, 0.5) is 0 Å². The molecule has 0 amide bonds. The Kier molecular flexibility index (Phi) is 7.54. The van der Waals surface area contributed by atoms with Crippen LogP contribution < -0.4 is 0 Å². The van der Waals surface area contributed by atoms with E-state index in [0.29, 0.717) is 17.5 Å². The summed E-state index contributed by atoms with van der Waals surface area (Å²) >= 11 is 0. The molecule has 0 N–H and O–H groups in total. The highest BCUT2D eigenvalue weighted by molar-refractivity contribution is 6.26. The number of hydrogen-bond donors (Lipinski definition) is 0. The van der Waals surface area contributed by atoms with E-state index in [1.807, 2.05) is 36.4 Å². The van der Waals surface area contributed by atoms with Gasteiger partial charge in [-0.1, -0.05) is 164 Å². The molecule has 0 aliphatic rings. The quantitative estimate of drug-likeness (QED) is 0.163. The standard InChI is InChI=1S/C57H35N5/c1-4-18-38(19-5-1)55-58-56(39-20-6-2-7-21-39)60-57(59-55)45-31-33-49(44-30-28-36-16-10-12-24-41(36)53(44)45)62-48-27-15-14-26-43(48)46-34-47-52(35-51(46)62)61(40-22-8-3-9-23-40)50-32-29-37-17-11-13-25-42(37)54(47)50/h1-35H. The third-order valence-electron chi connectivity index (χ3n) is 12.5. The van der Waals surface area contributed by atoms with Gasteiger partial charge in [-0.2, -0.15) is 0 Å². The zero-order chi connectivity index (χ0) is 40.7. The first-order valence-electron chi connectivity index (χ1n) is 21.0. The van der Waals surface area contributed by atoms with Crippen molar-refractivity contribution in [3.05, 3.63) is 212 Å². The Balaban J connectivity index is 1.14. The van der Waals surface area contributed by atoms with Gasteiger partial charge in [0.05, 0.1) is 27.8 Å². The maximum Gasteiger partial charge on any atom is 0.164 e. The van der Waals surface area contributed by atoms with Crippen molar-refractivity contribution < 1.29 is 0 Å². The highest BCUT2D eigenvalue weighted by Gasteiger charge is 2.23. The molecule has 288 valence electrons. The van der Waals surface area contributed by atoms with Crippen LogP contribution in [-0.2, 0) is 0 Å². The van der Waals surface area contributed by atoms with Gasteiger partial charge in [-0.25, -0.2) is 15.0 Å². The smallest absolute Gasteiger partial charge is 0.164 e. The predicted molar refractivity (Wildman–Crippen MR) is 257 cm³/mol. The number of nitrogens with zero attached hydrogens (tertiary/aromatic N) is 5. The van der Waals surface area contributed by atoms with Gasteiger partial charge in [0.15, 0.2) is 17.5 Å². The van der Waals surface area contributed by atoms with Crippen LogP contribution in [0.25, 0.3) is 121 Å². The van der Waals surface area contributed by atoms with Crippen LogP contribution in [0.15, 0.2) is 212 Å². The molecule has 0 aliphatic carbocycles. The van der Waals surface area contributed by atoms with Gasteiger partial charge in [-0.15, -0.1) is 0 Å². The van der Waals surface area contributed by atoms with Gasteiger partial charge < -0.3 is 9.13 Å². The van der Waals surface area contributed by atoms with E-state index in [9.17, 15) is 0 Å². The van der Waals surface area contributed by atoms with Gasteiger partial charge in [-0.05, 0) is 70.1 Å². The second-order valence-corrected chi connectivity index (χ2v) is 16.0. The topological polar surface area (TPSA) is 48.5 Å². The van der Waals surface area contributed by atoms with E-state index in [1.165, 1.54) is 37.8 Å². The number of aromatic nitrogens is 5. The lowest BCUT2D eigenvalue weighted by molar-refractivity contribution is 1.08. The van der Waals surface area contributed by atoms with E-state index >= 15 is 0 Å². The van der Waals surface area contributed by atoms with Gasteiger partial charge >= 0.3 is 0 Å². The Morgan fingerprint density at radius 2 is 0.839 bits per heavy atom. The van der Waals surface area contributed by atoms with Crippen LogP contribution in [0.2, 0.25) is 0 Å². The Bertz CT molecular complexity index is 3850. The molecule has 5 heteroatoms. The molecule has 0 radical (unpaired) electrons. The van der Waals surface area contributed by atoms with E-state index in [1.54, 1.807) is 0 Å². The predicted octanol–water partition coefficient (Wildman–Crippen LogP) is 14.5. The number of rotatable bonds is 5. The van der Waals surface area contributed by atoms with Gasteiger partial charge in [-0.3, -0.25) is 0 Å². The summed E-state index contributed by atoms with van der Waals surface area (Å²) in [5.41, 5.74) is 9.71. The molecule has 3 aromatic heterocycles. The molecule has 10 aromatic carbocycles. The summed E-state index contributed by atoms with van der Waals surface area (Å²) in [6.07, 6.45) is 0. The molecule has 0 unspecified atom stereocenters. The van der Waals surface area contributed by atoms with E-state index in [4.69, 9.17) is 15.0 Å². The van der Waals surface area contributed by atoms with Gasteiger partial charge in [0, 0.05) is 54.7 Å². The van der Waals surface area contributed by atoms with Crippen molar-refractivity contribution in [1.29, 1.82) is 0 Å². The lowest BCUT2D eigenvalue weighted by Gasteiger charge is -2.17. The first kappa shape index (κ1) is 34.5. The molecular weight excluding hydrogens is 755 g/mol. The number of benzene rings is 10. The molecule has 0 spiro atoms. The van der Waals surface area contributed by atoms with Crippen LogP contribution in [-0.4, -0.2) is 24.1 Å². The molecule has 13 aromatic rings. The van der Waals surface area contributed by atoms with Gasteiger partial charge in [0.25, 0.3) is 0 Å². The van der Waals surface area contributed by atoms with E-state index in [-0.39, 0.29) is 0 Å². The molecule has 0 fully saturated rings. The Morgan fingerprint density at radius 1 is 0.290 bits per heavy atom. The van der Waals surface area contributed by atoms with Crippen molar-refractivity contribution in [2.75, 3.05) is 0 Å². The van der Waals surface area contributed by atoms with E-state index < -0.39 is 0 Å². The fourth-order valence-electron chi connectivity index (χ4n) is 9.78. The van der Waals surface area contributed by atoms with Gasteiger partial charge in [0.2, 0.25) is 0 Å². The van der Waals surface area contributed by atoms with Crippen molar-refractivity contribution in [2.45, 2.75) is 0 Å². The minimum absolute atomic E-state index is 0.633. The Morgan fingerprint density at radius 3 is 1.53 bits per heavy atom. The fraction of sp³-hybridized carbons (Fsp3) is 0. The lowest BCUT2D eigenvalue weighted by Crippen LogP contribution is -2.02. The summed E-state index contributed by atoms with van der Waals surface area (Å²) in [6.45, 7) is 0. The van der Waals surface area contributed by atoms with E-state index in [2.05, 4.69) is 185 Å². The zero-order valence-corrected chi connectivity index (χ0v) is 33.4. The minimum atomic E-state index is 0.633. The SMILES string of the molecule is c1ccc(-c2nc(-c3ccccc3)nc(-c3ccc(-n4c5ccccc5c5cc6c7c8ccccc8ccc7n(-c7ccccc7)c6cc54)c4ccc5ccccc5c34)n2)cc1. The molecule has 62 heavy (non-hydrogen) atoms. The zero-order valence-electron chi connectivity index (χ0n) is 33.4. The second kappa shape index (κ2) is 13.6. The third kappa shape index (κ3) is 5.18. The van der Waals surface area contributed by atoms with Crippen molar-refractivity contribution in [3.8, 4) is 45.5 Å². The lowest BCUT2D eigenvalue weighted by atomic mass is 9.95. The first-order chi connectivity index (χ1) is 30.8. The number of para-hydroxylation sites is 2.